The predicted molar refractivity (Wildman–Crippen MR) is 23.4 cm³/mol. The van der Waals surface area contributed by atoms with Gasteiger partial charge in [-0.05, 0) is 12.8 Å². The molecule has 2 fully saturated rings. The lowest BCUT2D eigenvalue weighted by molar-refractivity contribution is 0.0850. The maximum atomic E-state index is 4.76. The zero-order chi connectivity index (χ0) is 4.74. The van der Waals surface area contributed by atoms with E-state index in [0.717, 1.165) is 12.8 Å². The van der Waals surface area contributed by atoms with Gasteiger partial charge in [-0.25, -0.2) is 0 Å². The van der Waals surface area contributed by atoms with Crippen LogP contribution in [-0.4, -0.2) is 5.79 Å². The van der Waals surface area contributed by atoms with Crippen molar-refractivity contribution in [3.63, 3.8) is 0 Å². The topological polar surface area (TPSA) is 25.1 Å². The third kappa shape index (κ3) is 0.469. The number of hydrogen-bond acceptors (Lipinski definition) is 2. The second-order valence-corrected chi connectivity index (χ2v) is 2.28. The molecule has 0 amide bonds. The molecule has 2 heteroatoms. The van der Waals surface area contributed by atoms with Crippen molar-refractivity contribution in [3.05, 3.63) is 0 Å². The Kier molecular flexibility index (Phi) is 0.557. The highest BCUT2D eigenvalue weighted by Gasteiger charge is 2.50. The average Bonchev–Trinajstić information content (AvgIpc) is 2.15. The summed E-state index contributed by atoms with van der Waals surface area (Å²) in [5.74, 6) is -0.0556. The van der Waals surface area contributed by atoms with Crippen LogP contribution in [0.4, 0.5) is 0 Å². The van der Waals surface area contributed by atoms with E-state index in [4.69, 9.17) is 9.78 Å². The third-order valence-electron chi connectivity index (χ3n) is 1.68. The van der Waals surface area contributed by atoms with Gasteiger partial charge >= 0.3 is 0 Å². The van der Waals surface area contributed by atoms with E-state index in [1.54, 1.807) is 0 Å². The van der Waals surface area contributed by atoms with Gasteiger partial charge in [-0.15, -0.1) is 0 Å². The van der Waals surface area contributed by atoms with Crippen molar-refractivity contribution in [2.24, 2.45) is 0 Å². The van der Waals surface area contributed by atoms with E-state index < -0.39 is 0 Å². The van der Waals surface area contributed by atoms with Crippen LogP contribution in [0.5, 0.6) is 0 Å². The van der Waals surface area contributed by atoms with E-state index in [0.29, 0.717) is 0 Å². The smallest absolute Gasteiger partial charge is 0.195 e. The molecular formula is C5H8O2. The Hall–Kier alpha value is -0.0800. The van der Waals surface area contributed by atoms with Crippen LogP contribution in [0.25, 0.3) is 0 Å². The second-order valence-electron chi connectivity index (χ2n) is 2.28. The molecule has 0 bridgehead atoms. The average molecular weight is 100 g/mol. The fourth-order valence-electron chi connectivity index (χ4n) is 1.14. The first kappa shape index (κ1) is 3.87. The molecule has 2 nitrogen and oxygen atoms in total. The molecule has 0 aromatic rings. The highest BCUT2D eigenvalue weighted by molar-refractivity contribution is 4.79. The highest BCUT2D eigenvalue weighted by atomic mass is 17.4. The Morgan fingerprint density at radius 2 is 1.57 bits per heavy atom. The molecule has 1 aliphatic carbocycles. The Morgan fingerprint density at radius 1 is 1.00 bits per heavy atom. The van der Waals surface area contributed by atoms with E-state index in [1.165, 1.54) is 12.8 Å². The molecule has 2 aliphatic rings. The van der Waals surface area contributed by atoms with Crippen LogP contribution in [-0.2, 0) is 9.78 Å². The Morgan fingerprint density at radius 3 is 1.86 bits per heavy atom. The summed E-state index contributed by atoms with van der Waals surface area (Å²) in [6.45, 7) is 0. The molecule has 40 valence electrons. The van der Waals surface area contributed by atoms with Crippen LogP contribution in [0, 0.1) is 0 Å². The lowest BCUT2D eigenvalue weighted by Crippen LogP contribution is -1.99. The van der Waals surface area contributed by atoms with E-state index in [2.05, 4.69) is 0 Å². The SMILES string of the molecule is C1CCC2(C1)OO2. The van der Waals surface area contributed by atoms with E-state index >= 15 is 0 Å². The number of rotatable bonds is 0. The summed E-state index contributed by atoms with van der Waals surface area (Å²) in [6, 6.07) is 0. The molecule has 0 aromatic carbocycles. The van der Waals surface area contributed by atoms with Crippen molar-refractivity contribution in [3.8, 4) is 0 Å². The lowest BCUT2D eigenvalue weighted by Gasteiger charge is -1.85. The van der Waals surface area contributed by atoms with Gasteiger partial charge in [-0.3, -0.25) is 0 Å². The van der Waals surface area contributed by atoms with Gasteiger partial charge in [-0.2, -0.15) is 9.78 Å². The second kappa shape index (κ2) is 1.01. The molecule has 1 saturated carbocycles. The van der Waals surface area contributed by atoms with Gasteiger partial charge in [-0.1, -0.05) is 0 Å². The van der Waals surface area contributed by atoms with Gasteiger partial charge in [0.1, 0.15) is 0 Å². The molecule has 1 aliphatic heterocycles. The van der Waals surface area contributed by atoms with Crippen molar-refractivity contribution in [2.75, 3.05) is 0 Å². The Bertz CT molecular complexity index is 78.1. The summed E-state index contributed by atoms with van der Waals surface area (Å²) in [7, 11) is 0. The van der Waals surface area contributed by atoms with Crippen LogP contribution in [0.15, 0.2) is 0 Å². The quantitative estimate of drug-likeness (QED) is 0.337. The van der Waals surface area contributed by atoms with Gasteiger partial charge in [0.05, 0.1) is 0 Å². The van der Waals surface area contributed by atoms with Crippen molar-refractivity contribution in [1.82, 2.24) is 0 Å². The molecular weight excluding hydrogens is 92.1 g/mol. The zero-order valence-corrected chi connectivity index (χ0v) is 4.14. The van der Waals surface area contributed by atoms with Crippen molar-refractivity contribution >= 4 is 0 Å². The first-order chi connectivity index (χ1) is 3.41. The largest absolute Gasteiger partial charge is 0.234 e. The number of hydrogen-bond donors (Lipinski definition) is 0. The summed E-state index contributed by atoms with van der Waals surface area (Å²) >= 11 is 0. The molecule has 1 spiro atoms. The minimum atomic E-state index is -0.0556. The molecule has 0 aromatic heterocycles. The third-order valence-corrected chi connectivity index (χ3v) is 1.68. The summed E-state index contributed by atoms with van der Waals surface area (Å²) in [5, 5.41) is 0. The molecule has 1 heterocycles. The van der Waals surface area contributed by atoms with Gasteiger partial charge in [0.2, 0.25) is 5.79 Å². The minimum absolute atomic E-state index is 0.0556. The van der Waals surface area contributed by atoms with Crippen molar-refractivity contribution < 1.29 is 9.78 Å². The fourth-order valence-corrected chi connectivity index (χ4v) is 1.14. The van der Waals surface area contributed by atoms with Crippen LogP contribution in [0.1, 0.15) is 25.7 Å². The summed E-state index contributed by atoms with van der Waals surface area (Å²) in [4.78, 5) is 9.51. The summed E-state index contributed by atoms with van der Waals surface area (Å²) in [5.41, 5.74) is 0. The lowest BCUT2D eigenvalue weighted by atomic mass is 10.3. The van der Waals surface area contributed by atoms with Crippen LogP contribution in [0.2, 0.25) is 0 Å². The molecule has 0 unspecified atom stereocenters. The van der Waals surface area contributed by atoms with Crippen LogP contribution < -0.4 is 0 Å². The Balaban J connectivity index is 2.07. The van der Waals surface area contributed by atoms with Gasteiger partial charge < -0.3 is 0 Å². The molecule has 0 radical (unpaired) electrons. The molecule has 1 saturated heterocycles. The molecule has 0 N–H and O–H groups in total. The predicted octanol–water partition coefficient (Wildman–Crippen LogP) is 1.22. The highest BCUT2D eigenvalue weighted by Crippen LogP contribution is 2.44. The maximum absolute atomic E-state index is 4.76. The van der Waals surface area contributed by atoms with Crippen LogP contribution in [0.3, 0.4) is 0 Å². The first-order valence-corrected chi connectivity index (χ1v) is 2.78. The van der Waals surface area contributed by atoms with Gasteiger partial charge in [0, 0.05) is 12.8 Å². The fraction of sp³-hybridized carbons (Fsp3) is 1.00. The van der Waals surface area contributed by atoms with E-state index in [-0.39, 0.29) is 5.79 Å². The standard InChI is InChI=1S/C5H8O2/c1-2-4-5(3-1)6-7-5/h1-4H2. The normalized spacial score (nSPS) is 34.3. The first-order valence-electron chi connectivity index (χ1n) is 2.78. The molecule has 7 heavy (non-hydrogen) atoms. The molecule has 0 atom stereocenters. The summed E-state index contributed by atoms with van der Waals surface area (Å²) in [6.07, 6.45) is 4.79. The van der Waals surface area contributed by atoms with Crippen molar-refractivity contribution in [2.45, 2.75) is 31.5 Å². The van der Waals surface area contributed by atoms with Crippen molar-refractivity contribution in [1.29, 1.82) is 0 Å². The van der Waals surface area contributed by atoms with E-state index in [1.807, 2.05) is 0 Å². The zero-order valence-electron chi connectivity index (χ0n) is 4.14. The summed E-state index contributed by atoms with van der Waals surface area (Å²) < 4.78 is 0. The van der Waals surface area contributed by atoms with E-state index in [9.17, 15) is 0 Å². The van der Waals surface area contributed by atoms with Gasteiger partial charge in [0.15, 0.2) is 0 Å². The minimum Gasteiger partial charge on any atom is -0.195 e. The Labute approximate surface area is 42.3 Å². The molecule has 2 rings (SSSR count). The maximum Gasteiger partial charge on any atom is 0.234 e. The van der Waals surface area contributed by atoms with Gasteiger partial charge in [0.25, 0.3) is 0 Å². The monoisotopic (exact) mass is 100 g/mol. The van der Waals surface area contributed by atoms with Crippen LogP contribution >= 0.6 is 0 Å².